The summed E-state index contributed by atoms with van der Waals surface area (Å²) in [4.78, 5) is 23.1. The van der Waals surface area contributed by atoms with Crippen LogP contribution in [-0.4, -0.2) is 29.5 Å². The number of ether oxygens (including phenoxy) is 1. The number of hydrogen-bond donors (Lipinski definition) is 1. The van der Waals surface area contributed by atoms with Gasteiger partial charge in [0.25, 0.3) is 5.91 Å². The Hall–Kier alpha value is -1.11. The molecule has 1 aromatic rings. The molecule has 1 rings (SSSR count). The number of aryl methyl sites for hydroxylation is 2. The van der Waals surface area contributed by atoms with Gasteiger partial charge in [-0.25, -0.2) is 0 Å². The second kappa shape index (κ2) is 6.72. The van der Waals surface area contributed by atoms with Gasteiger partial charge in [-0.2, -0.15) is 0 Å². The molecule has 0 radical (unpaired) electrons. The van der Waals surface area contributed by atoms with Crippen LogP contribution in [0.5, 0.6) is 0 Å². The van der Waals surface area contributed by atoms with Gasteiger partial charge >= 0.3 is 5.97 Å². The van der Waals surface area contributed by atoms with Gasteiger partial charge in [0.1, 0.15) is 3.92 Å². The van der Waals surface area contributed by atoms with Crippen molar-refractivity contribution < 1.29 is 14.3 Å². The van der Waals surface area contributed by atoms with Gasteiger partial charge in [0.15, 0.2) is 0 Å². The molecule has 0 aromatic heterocycles. The molecule has 5 heteroatoms. The molecule has 1 amide bonds. The third-order valence-electron chi connectivity index (χ3n) is 2.53. The lowest BCUT2D eigenvalue weighted by atomic mass is 10.1. The third-order valence-corrected chi connectivity index (χ3v) is 3.47. The van der Waals surface area contributed by atoms with Gasteiger partial charge in [0.05, 0.1) is 7.11 Å². The number of carbonyl (C=O) groups excluding carboxylic acids is 2. The summed E-state index contributed by atoms with van der Waals surface area (Å²) in [6.45, 7) is 4.13. The number of hydrogen-bond acceptors (Lipinski definition) is 3. The molecule has 0 spiro atoms. The molecule has 0 saturated carbocycles. The molecule has 4 nitrogen and oxygen atoms in total. The first-order chi connectivity index (χ1) is 8.45. The molecule has 0 bridgehead atoms. The Morgan fingerprint density at radius 1 is 1.39 bits per heavy atom. The van der Waals surface area contributed by atoms with E-state index in [1.165, 1.54) is 7.11 Å². The highest BCUT2D eigenvalue weighted by Crippen LogP contribution is 2.10. The normalized spacial score (nSPS) is 11.8. The van der Waals surface area contributed by atoms with E-state index in [1.807, 2.05) is 48.6 Å². The van der Waals surface area contributed by atoms with Crippen LogP contribution in [0.4, 0.5) is 0 Å². The van der Waals surface area contributed by atoms with Crippen LogP contribution >= 0.6 is 22.6 Å². The van der Waals surface area contributed by atoms with Crippen molar-refractivity contribution in [1.29, 1.82) is 0 Å². The Bertz CT molecular complexity index is 460. The smallest absolute Gasteiger partial charge is 0.320 e. The van der Waals surface area contributed by atoms with Gasteiger partial charge < -0.3 is 10.1 Å². The van der Waals surface area contributed by atoms with Crippen molar-refractivity contribution in [3.63, 3.8) is 0 Å². The van der Waals surface area contributed by atoms with Crippen LogP contribution in [0, 0.1) is 13.8 Å². The van der Waals surface area contributed by atoms with Crippen molar-refractivity contribution in [2.24, 2.45) is 0 Å². The van der Waals surface area contributed by atoms with E-state index in [9.17, 15) is 9.59 Å². The largest absolute Gasteiger partial charge is 0.468 e. The maximum absolute atomic E-state index is 11.9. The number of rotatable bonds is 4. The van der Waals surface area contributed by atoms with Crippen molar-refractivity contribution >= 4 is 34.5 Å². The number of amides is 1. The van der Waals surface area contributed by atoms with E-state index < -0.39 is 0 Å². The first-order valence-corrected chi connectivity index (χ1v) is 6.77. The molecule has 98 valence electrons. The lowest BCUT2D eigenvalue weighted by Gasteiger charge is -2.11. The molecule has 0 fully saturated rings. The molecule has 0 aliphatic heterocycles. The zero-order valence-electron chi connectivity index (χ0n) is 10.6. The monoisotopic (exact) mass is 361 g/mol. The van der Waals surface area contributed by atoms with E-state index >= 15 is 0 Å². The fraction of sp³-hybridized carbons (Fsp3) is 0.385. The molecule has 0 aliphatic carbocycles. The first kappa shape index (κ1) is 14.9. The zero-order valence-corrected chi connectivity index (χ0v) is 12.8. The minimum absolute atomic E-state index is 0.168. The van der Waals surface area contributed by atoms with E-state index in [0.717, 1.165) is 11.1 Å². The second-order valence-electron chi connectivity index (χ2n) is 4.02. The van der Waals surface area contributed by atoms with Crippen LogP contribution in [0.15, 0.2) is 18.2 Å². The number of nitrogens with one attached hydrogen (secondary N) is 1. The lowest BCUT2D eigenvalue weighted by Crippen LogP contribution is -2.34. The lowest BCUT2D eigenvalue weighted by molar-refractivity contribution is -0.139. The fourth-order valence-corrected chi connectivity index (χ4v) is 2.03. The van der Waals surface area contributed by atoms with E-state index in [-0.39, 0.29) is 22.3 Å². The number of esters is 1. The second-order valence-corrected chi connectivity index (χ2v) is 5.52. The average molecular weight is 361 g/mol. The standard InChI is InChI=1S/C13H16INO3/c1-8-4-5-10(9(2)6-8)12(16)15-7-11(14)13(17)18-3/h4-6,11H,7H2,1-3H3,(H,15,16). The molecule has 0 saturated heterocycles. The number of carbonyl (C=O) groups is 2. The van der Waals surface area contributed by atoms with Crippen molar-refractivity contribution in [3.8, 4) is 0 Å². The van der Waals surface area contributed by atoms with Gasteiger partial charge in [0, 0.05) is 12.1 Å². The maximum atomic E-state index is 11.9. The summed E-state index contributed by atoms with van der Waals surface area (Å²) < 4.78 is 4.22. The fourth-order valence-electron chi connectivity index (χ4n) is 1.56. The van der Waals surface area contributed by atoms with Crippen LogP contribution in [0.3, 0.4) is 0 Å². The van der Waals surface area contributed by atoms with Crippen molar-refractivity contribution in [2.45, 2.75) is 17.8 Å². The topological polar surface area (TPSA) is 55.4 Å². The summed E-state index contributed by atoms with van der Waals surface area (Å²) in [6, 6.07) is 5.64. The first-order valence-electron chi connectivity index (χ1n) is 5.53. The van der Waals surface area contributed by atoms with Gasteiger partial charge in [-0.1, -0.05) is 40.3 Å². The van der Waals surface area contributed by atoms with Gasteiger partial charge in [-0.05, 0) is 25.5 Å². The SMILES string of the molecule is COC(=O)C(I)CNC(=O)c1ccc(C)cc1C. The summed E-state index contributed by atoms with van der Waals surface area (Å²) in [7, 11) is 1.33. The van der Waals surface area contributed by atoms with E-state index in [1.54, 1.807) is 6.07 Å². The van der Waals surface area contributed by atoms with Crippen LogP contribution in [-0.2, 0) is 9.53 Å². The Morgan fingerprint density at radius 2 is 2.06 bits per heavy atom. The molecule has 1 unspecified atom stereocenters. The van der Waals surface area contributed by atoms with Crippen molar-refractivity contribution in [3.05, 3.63) is 34.9 Å². The average Bonchev–Trinajstić information content (AvgIpc) is 2.34. The van der Waals surface area contributed by atoms with Gasteiger partial charge in [0.2, 0.25) is 0 Å². The predicted octanol–water partition coefficient (Wildman–Crippen LogP) is 2.01. The molecule has 0 heterocycles. The number of methoxy groups -OCH3 is 1. The van der Waals surface area contributed by atoms with E-state index in [2.05, 4.69) is 10.1 Å². The van der Waals surface area contributed by atoms with Gasteiger partial charge in [-0.3, -0.25) is 9.59 Å². The highest BCUT2D eigenvalue weighted by atomic mass is 127. The van der Waals surface area contributed by atoms with E-state index in [4.69, 9.17) is 0 Å². The quantitative estimate of drug-likeness (QED) is 0.507. The molecular formula is C13H16INO3. The molecule has 1 N–H and O–H groups in total. The summed E-state index contributed by atoms with van der Waals surface area (Å²) in [6.07, 6.45) is 0. The van der Waals surface area contributed by atoms with Crippen molar-refractivity contribution in [2.75, 3.05) is 13.7 Å². The van der Waals surface area contributed by atoms with E-state index in [0.29, 0.717) is 5.56 Å². The van der Waals surface area contributed by atoms with Crippen molar-refractivity contribution in [1.82, 2.24) is 5.32 Å². The maximum Gasteiger partial charge on any atom is 0.320 e. The summed E-state index contributed by atoms with van der Waals surface area (Å²) in [5, 5.41) is 2.73. The summed E-state index contributed by atoms with van der Waals surface area (Å²) in [5.74, 6) is -0.505. The van der Waals surface area contributed by atoms with Gasteiger partial charge in [-0.15, -0.1) is 0 Å². The summed E-state index contributed by atoms with van der Waals surface area (Å²) >= 11 is 1.95. The number of halogens is 1. The minimum atomic E-state index is -0.373. The molecule has 1 atom stereocenters. The van der Waals surface area contributed by atoms with Crippen LogP contribution in [0.1, 0.15) is 21.5 Å². The van der Waals surface area contributed by atoms with Crippen LogP contribution < -0.4 is 5.32 Å². The number of benzene rings is 1. The zero-order chi connectivity index (χ0) is 13.7. The Labute approximate surface area is 120 Å². The summed E-state index contributed by atoms with van der Waals surface area (Å²) in [5.41, 5.74) is 2.68. The highest BCUT2D eigenvalue weighted by molar-refractivity contribution is 14.1. The minimum Gasteiger partial charge on any atom is -0.468 e. The van der Waals surface area contributed by atoms with Crippen LogP contribution in [0.2, 0.25) is 0 Å². The van der Waals surface area contributed by atoms with Crippen LogP contribution in [0.25, 0.3) is 0 Å². The Balaban J connectivity index is 2.63. The Kier molecular flexibility index (Phi) is 5.58. The highest BCUT2D eigenvalue weighted by Gasteiger charge is 2.17. The third kappa shape index (κ3) is 3.97. The molecule has 18 heavy (non-hydrogen) atoms. The molecule has 1 aromatic carbocycles. The Morgan fingerprint density at radius 3 is 2.61 bits per heavy atom. The molecular weight excluding hydrogens is 345 g/mol. The molecule has 0 aliphatic rings. The number of alkyl halides is 1. The predicted molar refractivity (Wildman–Crippen MR) is 78.1 cm³/mol.